The first-order valence-electron chi connectivity index (χ1n) is 7.86. The Labute approximate surface area is 152 Å². The predicted octanol–water partition coefficient (Wildman–Crippen LogP) is 1.99. The van der Waals surface area contributed by atoms with Crippen molar-refractivity contribution in [2.24, 2.45) is 0 Å². The molecule has 140 valence electrons. The van der Waals surface area contributed by atoms with E-state index in [9.17, 15) is 14.0 Å². The van der Waals surface area contributed by atoms with Crippen LogP contribution in [-0.4, -0.2) is 33.4 Å². The highest BCUT2D eigenvalue weighted by Gasteiger charge is 2.21. The minimum absolute atomic E-state index is 0.0185. The Kier molecular flexibility index (Phi) is 4.88. The molecule has 0 spiro atoms. The van der Waals surface area contributed by atoms with Gasteiger partial charge >= 0.3 is 5.97 Å². The zero-order valence-electron chi connectivity index (χ0n) is 14.5. The highest BCUT2D eigenvalue weighted by atomic mass is 19.1. The van der Waals surface area contributed by atoms with Gasteiger partial charge in [-0.25, -0.2) is 13.9 Å². The summed E-state index contributed by atoms with van der Waals surface area (Å²) in [5.41, 5.74) is 6.95. The van der Waals surface area contributed by atoms with E-state index >= 15 is 0 Å². The highest BCUT2D eigenvalue weighted by Crippen LogP contribution is 2.18. The van der Waals surface area contributed by atoms with Gasteiger partial charge in [-0.15, -0.1) is 0 Å². The quantitative estimate of drug-likeness (QED) is 0.655. The largest absolute Gasteiger partial charge is 0.452 e. The number of nitrogens with two attached hydrogens (primary N) is 1. The summed E-state index contributed by atoms with van der Waals surface area (Å²) >= 11 is 0. The average Bonchev–Trinajstić information content (AvgIpc) is 3.15. The molecule has 0 bridgehead atoms. The lowest BCUT2D eigenvalue weighted by Crippen LogP contribution is -2.22. The number of ether oxygens (including phenoxy) is 1. The minimum Gasteiger partial charge on any atom is -0.452 e. The number of benzene rings is 1. The Bertz CT molecular complexity index is 974. The van der Waals surface area contributed by atoms with E-state index in [0.29, 0.717) is 17.2 Å². The molecule has 27 heavy (non-hydrogen) atoms. The second-order valence-electron chi connectivity index (χ2n) is 5.69. The molecule has 0 saturated heterocycles. The number of hydrogen-bond donors (Lipinski definition) is 2. The summed E-state index contributed by atoms with van der Waals surface area (Å²) < 4.78 is 24.2. The van der Waals surface area contributed by atoms with Gasteiger partial charge in [0.1, 0.15) is 17.2 Å². The number of nitrogens with zero attached hydrogens (tertiary/aromatic N) is 3. The third-order valence-corrected chi connectivity index (χ3v) is 3.60. The standard InChI is InChI=1S/C17H16FN5O4/c1-9-7-13(23(21-9)12-5-3-11(18)4-6-12)20-14(24)8-26-17(25)15-10(2)22-27-16(15)19/h3-7H,8,19H2,1-2H3,(H,20,24). The van der Waals surface area contributed by atoms with Gasteiger partial charge in [0, 0.05) is 6.07 Å². The molecule has 2 aromatic heterocycles. The summed E-state index contributed by atoms with van der Waals surface area (Å²) in [6, 6.07) is 7.24. The lowest BCUT2D eigenvalue weighted by Gasteiger charge is -2.09. The van der Waals surface area contributed by atoms with Gasteiger partial charge < -0.3 is 20.3 Å². The van der Waals surface area contributed by atoms with Crippen molar-refractivity contribution in [1.82, 2.24) is 14.9 Å². The second kappa shape index (κ2) is 7.28. The number of aryl methyl sites for hydroxylation is 2. The maximum Gasteiger partial charge on any atom is 0.346 e. The number of halogens is 1. The first-order valence-corrected chi connectivity index (χ1v) is 7.86. The van der Waals surface area contributed by atoms with Crippen molar-refractivity contribution in [3.63, 3.8) is 0 Å². The maximum atomic E-state index is 13.1. The number of nitrogen functional groups attached to an aromatic ring is 1. The molecular formula is C17H16FN5O4. The van der Waals surface area contributed by atoms with E-state index < -0.39 is 18.5 Å². The summed E-state index contributed by atoms with van der Waals surface area (Å²) in [7, 11) is 0. The number of carbonyl (C=O) groups is 2. The molecule has 0 radical (unpaired) electrons. The SMILES string of the molecule is Cc1cc(NC(=O)COC(=O)c2c(C)noc2N)n(-c2ccc(F)cc2)n1. The molecule has 0 saturated carbocycles. The van der Waals surface area contributed by atoms with Gasteiger partial charge in [0.15, 0.2) is 6.61 Å². The van der Waals surface area contributed by atoms with Crippen molar-refractivity contribution >= 4 is 23.6 Å². The molecular weight excluding hydrogens is 357 g/mol. The summed E-state index contributed by atoms with van der Waals surface area (Å²) in [5, 5.41) is 10.4. The van der Waals surface area contributed by atoms with Crippen LogP contribution in [0.15, 0.2) is 34.9 Å². The van der Waals surface area contributed by atoms with Crippen molar-refractivity contribution in [2.45, 2.75) is 13.8 Å². The van der Waals surface area contributed by atoms with E-state index in [1.165, 1.54) is 35.9 Å². The Morgan fingerprint density at radius 2 is 2.00 bits per heavy atom. The van der Waals surface area contributed by atoms with Crippen molar-refractivity contribution in [1.29, 1.82) is 0 Å². The molecule has 0 aliphatic heterocycles. The number of hydrogen-bond acceptors (Lipinski definition) is 7. The number of rotatable bonds is 5. The van der Waals surface area contributed by atoms with E-state index in [1.54, 1.807) is 13.0 Å². The van der Waals surface area contributed by atoms with Crippen LogP contribution in [0.5, 0.6) is 0 Å². The van der Waals surface area contributed by atoms with Crippen LogP contribution in [0.1, 0.15) is 21.7 Å². The monoisotopic (exact) mass is 373 g/mol. The van der Waals surface area contributed by atoms with Gasteiger partial charge in [0.05, 0.1) is 17.1 Å². The fourth-order valence-electron chi connectivity index (χ4n) is 2.39. The normalized spacial score (nSPS) is 10.6. The lowest BCUT2D eigenvalue weighted by molar-refractivity contribution is -0.119. The summed E-state index contributed by atoms with van der Waals surface area (Å²) in [5.74, 6) is -1.61. The molecule has 0 aliphatic rings. The fraction of sp³-hybridized carbons (Fsp3) is 0.176. The molecule has 2 heterocycles. The zero-order valence-corrected chi connectivity index (χ0v) is 14.5. The zero-order chi connectivity index (χ0) is 19.6. The van der Waals surface area contributed by atoms with Gasteiger partial charge in [-0.2, -0.15) is 5.10 Å². The number of aromatic nitrogens is 3. The van der Waals surface area contributed by atoms with Gasteiger partial charge in [-0.05, 0) is 38.1 Å². The van der Waals surface area contributed by atoms with Crippen LogP contribution in [0.25, 0.3) is 5.69 Å². The van der Waals surface area contributed by atoms with Crippen molar-refractivity contribution < 1.29 is 23.2 Å². The lowest BCUT2D eigenvalue weighted by atomic mass is 10.2. The van der Waals surface area contributed by atoms with Crippen molar-refractivity contribution in [3.8, 4) is 5.69 Å². The van der Waals surface area contributed by atoms with Crippen LogP contribution in [-0.2, 0) is 9.53 Å². The fourth-order valence-corrected chi connectivity index (χ4v) is 2.39. The number of anilines is 2. The highest BCUT2D eigenvalue weighted by molar-refractivity contribution is 5.97. The Hall–Kier alpha value is -3.69. The van der Waals surface area contributed by atoms with Crippen LogP contribution in [0.4, 0.5) is 16.1 Å². The number of nitrogens with one attached hydrogen (secondary N) is 1. The molecule has 0 atom stereocenters. The van der Waals surface area contributed by atoms with E-state index in [4.69, 9.17) is 10.5 Å². The van der Waals surface area contributed by atoms with Crippen LogP contribution >= 0.6 is 0 Å². The van der Waals surface area contributed by atoms with E-state index in [2.05, 4.69) is 20.1 Å². The van der Waals surface area contributed by atoms with Crippen LogP contribution < -0.4 is 11.1 Å². The summed E-state index contributed by atoms with van der Waals surface area (Å²) in [6.07, 6.45) is 0. The minimum atomic E-state index is -0.815. The molecule has 0 aliphatic carbocycles. The van der Waals surface area contributed by atoms with Gasteiger partial charge in [0.2, 0.25) is 5.88 Å². The summed E-state index contributed by atoms with van der Waals surface area (Å²) in [6.45, 7) is 2.73. The van der Waals surface area contributed by atoms with Gasteiger partial charge in [0.25, 0.3) is 5.91 Å². The Morgan fingerprint density at radius 3 is 2.63 bits per heavy atom. The molecule has 1 amide bonds. The van der Waals surface area contributed by atoms with E-state index in [-0.39, 0.29) is 23.0 Å². The first-order chi connectivity index (χ1) is 12.8. The van der Waals surface area contributed by atoms with Gasteiger partial charge in [-0.1, -0.05) is 5.16 Å². The van der Waals surface area contributed by atoms with E-state index in [1.807, 2.05) is 0 Å². The molecule has 3 N–H and O–H groups in total. The molecule has 0 fully saturated rings. The van der Waals surface area contributed by atoms with Crippen LogP contribution in [0.2, 0.25) is 0 Å². The average molecular weight is 373 g/mol. The maximum absolute atomic E-state index is 13.1. The van der Waals surface area contributed by atoms with E-state index in [0.717, 1.165) is 0 Å². The second-order valence-corrected chi connectivity index (χ2v) is 5.69. The van der Waals surface area contributed by atoms with Crippen molar-refractivity contribution in [2.75, 3.05) is 17.7 Å². The Morgan fingerprint density at radius 1 is 1.30 bits per heavy atom. The predicted molar refractivity (Wildman–Crippen MR) is 92.8 cm³/mol. The molecule has 1 aromatic carbocycles. The molecule has 3 aromatic rings. The van der Waals surface area contributed by atoms with Gasteiger partial charge in [-0.3, -0.25) is 4.79 Å². The van der Waals surface area contributed by atoms with Crippen molar-refractivity contribution in [3.05, 3.63) is 53.1 Å². The number of carbonyl (C=O) groups excluding carboxylic acids is 2. The molecule has 9 nitrogen and oxygen atoms in total. The van der Waals surface area contributed by atoms with Crippen LogP contribution in [0, 0.1) is 19.7 Å². The summed E-state index contributed by atoms with van der Waals surface area (Å²) in [4.78, 5) is 24.1. The number of esters is 1. The molecule has 0 unspecified atom stereocenters. The molecule has 3 rings (SSSR count). The van der Waals surface area contributed by atoms with Crippen LogP contribution in [0.3, 0.4) is 0 Å². The topological polar surface area (TPSA) is 125 Å². The third kappa shape index (κ3) is 3.94. The number of amides is 1. The first kappa shape index (κ1) is 18.1. The molecule has 10 heteroatoms. The third-order valence-electron chi connectivity index (χ3n) is 3.60. The smallest absolute Gasteiger partial charge is 0.346 e. The Balaban J connectivity index is 1.68.